The summed E-state index contributed by atoms with van der Waals surface area (Å²) in [6, 6.07) is 0. The van der Waals surface area contributed by atoms with Crippen molar-refractivity contribution < 1.29 is 34.5 Å². The average Bonchev–Trinajstić information content (AvgIpc) is 1.58. The van der Waals surface area contributed by atoms with E-state index in [1.54, 1.807) is 0 Å². The van der Waals surface area contributed by atoms with Crippen LogP contribution in [0, 0.1) is 6.92 Å². The Kier molecular flexibility index (Phi) is 2.85. The van der Waals surface area contributed by atoms with Crippen molar-refractivity contribution in [2.45, 2.75) is 5.08 Å². The Balaban J connectivity index is 4.75. The second-order valence-corrected chi connectivity index (χ2v) is 5.53. The first-order chi connectivity index (χ1) is 4.50. The van der Waals surface area contributed by atoms with Crippen molar-refractivity contribution in [2.75, 3.05) is 0 Å². The molecule has 62 valence electrons. The molecule has 0 heterocycles. The topological polar surface area (TPSA) is 149 Å². The Hall–Kier alpha value is 0.450. The molecule has 0 saturated carbocycles. The minimum Gasteiger partial charge on any atom is -0.737 e. The minimum absolute atomic E-state index is 1.98. The van der Waals surface area contributed by atoms with E-state index in [0.717, 1.165) is 0 Å². The van der Waals surface area contributed by atoms with Gasteiger partial charge in [0.25, 0.3) is 0 Å². The van der Waals surface area contributed by atoms with Gasteiger partial charge in [0.2, 0.25) is 0 Å². The van der Waals surface area contributed by atoms with E-state index < -0.39 is 21.0 Å². The number of hydrogen-bond donors (Lipinski definition) is 0. The van der Waals surface area contributed by atoms with Gasteiger partial charge in [0.15, 0.2) is 0 Å². The summed E-state index contributed by atoms with van der Waals surface area (Å²) in [5.41, 5.74) is 0. The summed E-state index contributed by atoms with van der Waals surface area (Å²) in [7, 11) is -12.1. The quantitative estimate of drug-likeness (QED) is 0.367. The third-order valence-electron chi connectivity index (χ3n) is 0.856. The van der Waals surface area contributed by atoms with E-state index in [9.17, 15) is 34.5 Å². The molecule has 0 aromatic heterocycles. The van der Waals surface area contributed by atoms with E-state index in [1.165, 1.54) is 0 Å². The van der Waals surface area contributed by atoms with E-state index in [1.807, 2.05) is 6.92 Å². The van der Waals surface area contributed by atoms with Crippen molar-refractivity contribution in [1.29, 1.82) is 0 Å². The fourth-order valence-corrected chi connectivity index (χ4v) is 1.35. The molecule has 7 nitrogen and oxygen atoms in total. The lowest BCUT2D eigenvalue weighted by Crippen LogP contribution is -2.50. The van der Waals surface area contributed by atoms with Gasteiger partial charge >= 0.3 is 21.0 Å². The second kappa shape index (κ2) is 2.74. The molecule has 0 aliphatic rings. The molecule has 0 atom stereocenters. The molecule has 0 fully saturated rings. The summed E-state index contributed by atoms with van der Waals surface area (Å²) in [6.07, 6.45) is 0. The van der Waals surface area contributed by atoms with Gasteiger partial charge in [0.1, 0.15) is 6.92 Å². The molecule has 0 rings (SSSR count). The number of rotatable bonds is 2. The highest BCUT2D eigenvalue weighted by molar-refractivity contribution is 7.76. The normalized spacial score (nSPS) is 15.2. The van der Waals surface area contributed by atoms with Crippen LogP contribution in [0.4, 0.5) is 0 Å². The molecule has 9 heteroatoms. The molecule has 0 amide bonds. The summed E-state index contributed by atoms with van der Waals surface area (Å²) in [5.74, 6) is 0. The van der Waals surface area contributed by atoms with Crippen molar-refractivity contribution in [3.05, 3.63) is 6.92 Å². The Morgan fingerprint density at radius 1 is 1.00 bits per heavy atom. The molecule has 0 aliphatic heterocycles. The van der Waals surface area contributed by atoms with E-state index in [2.05, 4.69) is 0 Å². The lowest BCUT2D eigenvalue weighted by atomic mass is 10.9. The zero-order valence-electron chi connectivity index (χ0n) is 4.96. The maximum atomic E-state index is 10.3. The molecule has 11 heavy (non-hydrogen) atoms. The molecule has 0 N–H and O–H groups in total. The maximum absolute atomic E-state index is 10.3. The highest BCUT2D eigenvalue weighted by Crippen LogP contribution is 2.71. The minimum atomic E-state index is -6.04. The molecular formula is C2H2O7P2. The molecule has 0 bridgehead atoms. The van der Waals surface area contributed by atoms with Gasteiger partial charge in [-0.1, -0.05) is 0 Å². The lowest BCUT2D eigenvalue weighted by Gasteiger charge is -2.30. The van der Waals surface area contributed by atoms with Crippen molar-refractivity contribution in [1.82, 2.24) is 0 Å². The number of hydrogen-bond acceptors (Lipinski definition) is 3. The van der Waals surface area contributed by atoms with E-state index in [0.29, 0.717) is 0 Å². The van der Waals surface area contributed by atoms with Crippen LogP contribution in [-0.4, -0.2) is 5.08 Å². The van der Waals surface area contributed by atoms with Gasteiger partial charge in [-0.25, -0.2) is 0 Å². The Bertz CT molecular complexity index is 126. The highest BCUT2D eigenvalue weighted by atomic mass is 31.3. The van der Waals surface area contributed by atoms with Gasteiger partial charge < -0.3 is 14.9 Å². The van der Waals surface area contributed by atoms with Crippen LogP contribution < -0.4 is 14.9 Å². The summed E-state index contributed by atoms with van der Waals surface area (Å²) in [4.78, 5) is 58.9. The summed E-state index contributed by atoms with van der Waals surface area (Å²) in [6.45, 7) is 1.98. The molecule has 0 aliphatic carbocycles. The van der Waals surface area contributed by atoms with Crippen molar-refractivity contribution in [3.8, 4) is 0 Å². The molecule has 0 aromatic rings. The highest BCUT2D eigenvalue weighted by Gasteiger charge is 2.69. The smallest absolute Gasteiger partial charge is 0.412 e. The Morgan fingerprint density at radius 3 is 1.18 bits per heavy atom. The lowest BCUT2D eigenvalue weighted by molar-refractivity contribution is -0.437. The summed E-state index contributed by atoms with van der Waals surface area (Å²) in [5, 5.41) is 6.02. The van der Waals surface area contributed by atoms with Crippen LogP contribution in [0.3, 0.4) is 0 Å². The van der Waals surface area contributed by atoms with Gasteiger partial charge in [-0.05, 0) is 19.6 Å². The Labute approximate surface area is 63.4 Å². The van der Waals surface area contributed by atoms with Crippen LogP contribution in [-0.2, 0) is 19.6 Å². The largest absolute Gasteiger partial charge is 0.737 e. The zero-order valence-corrected chi connectivity index (χ0v) is 6.75. The van der Waals surface area contributed by atoms with Crippen molar-refractivity contribution in [2.24, 2.45) is 0 Å². The van der Waals surface area contributed by atoms with Gasteiger partial charge in [-0.15, -0.1) is 0 Å². The monoisotopic (exact) mass is 200 g/mol. The van der Waals surface area contributed by atoms with E-state index in [-0.39, 0.29) is 0 Å². The molecular weight excluding hydrogens is 198 g/mol. The van der Waals surface area contributed by atoms with Crippen LogP contribution in [0.15, 0.2) is 0 Å². The zero-order chi connectivity index (χ0) is 9.50. The fourth-order valence-electron chi connectivity index (χ4n) is 0.150. The molecule has 0 saturated heterocycles. The fraction of sp³-hybridized carbons (Fsp3) is 0.500. The van der Waals surface area contributed by atoms with Crippen LogP contribution in [0.2, 0.25) is 0 Å². The third kappa shape index (κ3) is 2.19. The van der Waals surface area contributed by atoms with Crippen molar-refractivity contribution >= 4 is 15.9 Å². The predicted octanol–water partition coefficient (Wildman–Crippen LogP) is -2.20. The van der Waals surface area contributed by atoms with Gasteiger partial charge in [-0.3, -0.25) is 0 Å². The third-order valence-corrected chi connectivity index (χ3v) is 4.04. The predicted molar refractivity (Wildman–Crippen MR) is 24.7 cm³/mol. The van der Waals surface area contributed by atoms with Crippen molar-refractivity contribution in [3.63, 3.8) is 0 Å². The van der Waals surface area contributed by atoms with E-state index in [4.69, 9.17) is 0 Å². The first-order valence-electron chi connectivity index (χ1n) is 2.10. The SMILES string of the molecule is [CH2+]C([O-])([P+]([O])([O])[O-])[P+]([O])([O])[O-]. The van der Waals surface area contributed by atoms with Crippen LogP contribution in [0.1, 0.15) is 0 Å². The maximum Gasteiger partial charge on any atom is 0.412 e. The summed E-state index contributed by atoms with van der Waals surface area (Å²) >= 11 is 0. The molecule has 0 spiro atoms. The summed E-state index contributed by atoms with van der Waals surface area (Å²) < 4.78 is 0. The van der Waals surface area contributed by atoms with E-state index >= 15 is 0 Å². The van der Waals surface area contributed by atoms with Gasteiger partial charge in [0, 0.05) is 0 Å². The molecule has 0 aromatic carbocycles. The standard InChI is InChI=1S/C2H2O7P2/c1-2(3,10(4,5)6)11(7,8)9/h1H2. The first-order valence-corrected chi connectivity index (χ1v) is 5.19. The van der Waals surface area contributed by atoms with Crippen LogP contribution in [0.25, 0.3) is 0 Å². The molecule has 4 radical (unpaired) electrons. The van der Waals surface area contributed by atoms with Crippen LogP contribution >= 0.6 is 15.9 Å². The molecule has 0 unspecified atom stereocenters. The first kappa shape index (κ1) is 11.4. The Morgan fingerprint density at radius 2 is 1.18 bits per heavy atom. The average molecular weight is 200 g/mol. The van der Waals surface area contributed by atoms with Crippen LogP contribution in [0.5, 0.6) is 0 Å². The van der Waals surface area contributed by atoms with Gasteiger partial charge in [-0.2, -0.15) is 0 Å². The second-order valence-electron chi connectivity index (χ2n) is 1.74. The van der Waals surface area contributed by atoms with Gasteiger partial charge in [0.05, 0.1) is 0 Å².